The van der Waals surface area contributed by atoms with Gasteiger partial charge in [-0.2, -0.15) is 4.31 Å². The summed E-state index contributed by atoms with van der Waals surface area (Å²) >= 11 is 0. The van der Waals surface area contributed by atoms with Crippen LogP contribution in [0.15, 0.2) is 11.2 Å². The van der Waals surface area contributed by atoms with Crippen LogP contribution in [0.2, 0.25) is 0 Å². The lowest BCUT2D eigenvalue weighted by molar-refractivity contribution is 0.117. The van der Waals surface area contributed by atoms with Crippen LogP contribution < -0.4 is 0 Å². The van der Waals surface area contributed by atoms with Crippen molar-refractivity contribution in [2.45, 2.75) is 43.8 Å². The Balaban J connectivity index is 1.90. The molecule has 0 aromatic carbocycles. The summed E-state index contributed by atoms with van der Waals surface area (Å²) in [4.78, 5) is 6.61. The van der Waals surface area contributed by atoms with Gasteiger partial charge in [-0.05, 0) is 33.2 Å². The predicted octanol–water partition coefficient (Wildman–Crippen LogP) is 0.586. The first-order valence-electron chi connectivity index (χ1n) is 7.15. The lowest BCUT2D eigenvalue weighted by atomic mass is 10.1. The van der Waals surface area contributed by atoms with Crippen molar-refractivity contribution in [2.75, 3.05) is 19.6 Å². The van der Waals surface area contributed by atoms with E-state index in [0.29, 0.717) is 12.6 Å². The average molecular weight is 298 g/mol. The van der Waals surface area contributed by atoms with E-state index in [9.17, 15) is 8.42 Å². The third-order valence-corrected chi connectivity index (χ3v) is 6.39. The van der Waals surface area contributed by atoms with Gasteiger partial charge in [0.15, 0.2) is 5.03 Å². The normalized spacial score (nSPS) is 28.8. The van der Waals surface area contributed by atoms with Gasteiger partial charge in [-0.25, -0.2) is 13.4 Å². The molecule has 2 atom stereocenters. The second kappa shape index (κ2) is 4.82. The van der Waals surface area contributed by atoms with Gasteiger partial charge in [0, 0.05) is 38.4 Å². The maximum absolute atomic E-state index is 12.8. The number of piperazine rings is 1. The summed E-state index contributed by atoms with van der Waals surface area (Å²) in [7, 11) is -1.66. The van der Waals surface area contributed by atoms with E-state index in [4.69, 9.17) is 0 Å². The highest BCUT2D eigenvalue weighted by molar-refractivity contribution is 7.89. The van der Waals surface area contributed by atoms with Crippen molar-refractivity contribution < 1.29 is 8.42 Å². The minimum Gasteiger partial charge on any atom is -0.337 e. The minimum atomic E-state index is -3.48. The number of rotatable bonds is 2. The third kappa shape index (κ3) is 2.17. The number of nitrogens with zero attached hydrogens (tertiary/aromatic N) is 4. The highest BCUT2D eigenvalue weighted by Crippen LogP contribution is 2.28. The molecule has 0 spiro atoms. The molecular weight excluding hydrogens is 276 g/mol. The number of aromatic nitrogens is 2. The van der Waals surface area contributed by atoms with Crippen molar-refractivity contribution >= 4 is 10.0 Å². The molecule has 0 unspecified atom stereocenters. The fraction of sp³-hybridized carbons (Fsp3) is 0.769. The van der Waals surface area contributed by atoms with Gasteiger partial charge in [0.1, 0.15) is 5.82 Å². The predicted molar refractivity (Wildman–Crippen MR) is 75.9 cm³/mol. The molecule has 0 saturated carbocycles. The molecule has 6 nitrogen and oxygen atoms in total. The van der Waals surface area contributed by atoms with Gasteiger partial charge in [-0.3, -0.25) is 4.90 Å². The van der Waals surface area contributed by atoms with Gasteiger partial charge in [0.25, 0.3) is 10.0 Å². The molecule has 2 aliphatic rings. The quantitative estimate of drug-likeness (QED) is 0.802. The lowest BCUT2D eigenvalue weighted by Crippen LogP contribution is -2.56. The molecule has 3 rings (SSSR count). The molecule has 112 valence electrons. The first-order chi connectivity index (χ1) is 9.39. The second-order valence-electron chi connectivity index (χ2n) is 5.95. The van der Waals surface area contributed by atoms with Gasteiger partial charge in [-0.1, -0.05) is 0 Å². The van der Waals surface area contributed by atoms with Crippen LogP contribution in [-0.2, 0) is 17.1 Å². The van der Waals surface area contributed by atoms with Crippen molar-refractivity contribution in [3.63, 3.8) is 0 Å². The van der Waals surface area contributed by atoms with Crippen molar-refractivity contribution in [1.82, 2.24) is 18.8 Å². The number of hydrogen-bond donors (Lipinski definition) is 0. The van der Waals surface area contributed by atoms with Crippen LogP contribution in [0.5, 0.6) is 0 Å². The van der Waals surface area contributed by atoms with Crippen LogP contribution in [-0.4, -0.2) is 58.9 Å². The Morgan fingerprint density at radius 1 is 1.35 bits per heavy atom. The van der Waals surface area contributed by atoms with Crippen LogP contribution in [0.3, 0.4) is 0 Å². The van der Waals surface area contributed by atoms with Crippen molar-refractivity contribution in [1.29, 1.82) is 0 Å². The highest BCUT2D eigenvalue weighted by Gasteiger charge is 2.41. The van der Waals surface area contributed by atoms with E-state index in [1.165, 1.54) is 6.42 Å². The zero-order valence-corrected chi connectivity index (χ0v) is 13.1. The van der Waals surface area contributed by atoms with E-state index >= 15 is 0 Å². The summed E-state index contributed by atoms with van der Waals surface area (Å²) in [6.07, 6.45) is 3.88. The molecule has 2 aliphatic heterocycles. The van der Waals surface area contributed by atoms with E-state index < -0.39 is 10.0 Å². The highest BCUT2D eigenvalue weighted by atomic mass is 32.2. The van der Waals surface area contributed by atoms with Crippen LogP contribution in [0, 0.1) is 6.92 Å². The largest absolute Gasteiger partial charge is 0.337 e. The maximum Gasteiger partial charge on any atom is 0.262 e. The fourth-order valence-electron chi connectivity index (χ4n) is 3.27. The Labute approximate surface area is 120 Å². The van der Waals surface area contributed by atoms with E-state index in [2.05, 4.69) is 9.88 Å². The molecule has 1 aromatic rings. The topological polar surface area (TPSA) is 58.4 Å². The molecule has 0 bridgehead atoms. The minimum absolute atomic E-state index is 0.0108. The molecule has 2 fully saturated rings. The van der Waals surface area contributed by atoms with E-state index in [0.717, 1.165) is 25.3 Å². The molecule has 7 heteroatoms. The maximum atomic E-state index is 12.8. The number of hydrogen-bond acceptors (Lipinski definition) is 4. The van der Waals surface area contributed by atoms with Crippen molar-refractivity contribution in [2.24, 2.45) is 7.05 Å². The van der Waals surface area contributed by atoms with Crippen LogP contribution in [0.1, 0.15) is 25.6 Å². The lowest BCUT2D eigenvalue weighted by Gasteiger charge is -2.40. The van der Waals surface area contributed by atoms with Gasteiger partial charge in [0.2, 0.25) is 0 Å². The summed E-state index contributed by atoms with van der Waals surface area (Å²) in [5.41, 5.74) is 0. The Morgan fingerprint density at radius 3 is 2.75 bits per heavy atom. The molecule has 20 heavy (non-hydrogen) atoms. The first-order valence-corrected chi connectivity index (χ1v) is 8.59. The van der Waals surface area contributed by atoms with Gasteiger partial charge in [-0.15, -0.1) is 0 Å². The monoisotopic (exact) mass is 298 g/mol. The Morgan fingerprint density at radius 2 is 2.10 bits per heavy atom. The molecule has 3 heterocycles. The van der Waals surface area contributed by atoms with Crippen molar-refractivity contribution in [3.05, 3.63) is 12.0 Å². The Hall–Kier alpha value is -0.920. The van der Waals surface area contributed by atoms with Gasteiger partial charge in [0.05, 0.1) is 0 Å². The average Bonchev–Trinajstić information content (AvgIpc) is 2.95. The number of aryl methyl sites for hydroxylation is 2. The molecule has 0 N–H and O–H groups in total. The van der Waals surface area contributed by atoms with Gasteiger partial charge >= 0.3 is 0 Å². The molecule has 0 aliphatic carbocycles. The smallest absolute Gasteiger partial charge is 0.262 e. The van der Waals surface area contributed by atoms with Crippen molar-refractivity contribution in [3.8, 4) is 0 Å². The number of sulfonamides is 1. The summed E-state index contributed by atoms with van der Waals surface area (Å²) in [6.45, 7) is 6.33. The SMILES string of the molecule is Cc1nc(S(=O)(=O)N2C[C@H]3CCCN3C[C@H]2C)cn1C. The second-order valence-corrected chi connectivity index (χ2v) is 7.79. The van der Waals surface area contributed by atoms with E-state index in [-0.39, 0.29) is 11.1 Å². The van der Waals surface area contributed by atoms with Crippen LogP contribution in [0.4, 0.5) is 0 Å². The Bertz CT molecular complexity index is 590. The zero-order valence-electron chi connectivity index (χ0n) is 12.3. The third-order valence-electron chi connectivity index (χ3n) is 4.54. The first kappa shape index (κ1) is 14.0. The van der Waals surface area contributed by atoms with Crippen LogP contribution >= 0.6 is 0 Å². The van der Waals surface area contributed by atoms with E-state index in [1.807, 2.05) is 20.9 Å². The fourth-order valence-corrected chi connectivity index (χ4v) is 4.95. The Kier molecular flexibility index (Phi) is 3.38. The molecule has 0 radical (unpaired) electrons. The summed E-state index contributed by atoms with van der Waals surface area (Å²) in [6, 6.07) is 0.391. The number of fused-ring (bicyclic) bond motifs is 1. The van der Waals surface area contributed by atoms with E-state index in [1.54, 1.807) is 15.1 Å². The zero-order chi connectivity index (χ0) is 14.5. The number of imidazole rings is 1. The van der Waals surface area contributed by atoms with Crippen LogP contribution in [0.25, 0.3) is 0 Å². The molecular formula is C13H22N4O2S. The van der Waals surface area contributed by atoms with Gasteiger partial charge < -0.3 is 4.57 Å². The summed E-state index contributed by atoms with van der Waals surface area (Å²) in [5, 5.41) is 0.177. The molecule has 1 aromatic heterocycles. The molecule has 2 saturated heterocycles. The standard InChI is InChI=1S/C13H22N4O2S/c1-10-7-16-6-4-5-12(16)8-17(10)20(18,19)13-9-15(3)11(2)14-13/h9-10,12H,4-8H2,1-3H3/t10-,12-/m1/s1. The summed E-state index contributed by atoms with van der Waals surface area (Å²) < 4.78 is 29.0. The summed E-state index contributed by atoms with van der Waals surface area (Å²) in [5.74, 6) is 0.718. The molecule has 0 amide bonds.